The second kappa shape index (κ2) is 4.95. The summed E-state index contributed by atoms with van der Waals surface area (Å²) in [5, 5.41) is 10.4. The molecule has 1 heterocycles. The van der Waals surface area contributed by atoms with Crippen molar-refractivity contribution in [3.05, 3.63) is 12.2 Å². The number of rotatable bonds is 4. The first-order chi connectivity index (χ1) is 6.65. The lowest BCUT2D eigenvalue weighted by Crippen LogP contribution is -2.28. The summed E-state index contributed by atoms with van der Waals surface area (Å²) in [5.41, 5.74) is 0. The molecule has 0 bridgehead atoms. The average Bonchev–Trinajstić information content (AvgIpc) is 2.51. The van der Waals surface area contributed by atoms with Crippen LogP contribution >= 0.6 is 11.6 Å². The molecule has 0 aromatic carbocycles. The molecule has 1 atom stereocenters. The Balaban J connectivity index is 2.54. The van der Waals surface area contributed by atoms with Crippen LogP contribution < -0.4 is 5.32 Å². The van der Waals surface area contributed by atoms with Crippen LogP contribution in [-0.4, -0.2) is 26.6 Å². The van der Waals surface area contributed by atoms with Gasteiger partial charge in [-0.3, -0.25) is 4.79 Å². The van der Waals surface area contributed by atoms with E-state index in [0.29, 0.717) is 12.3 Å². The zero-order chi connectivity index (χ0) is 10.6. The molecule has 1 amide bonds. The van der Waals surface area contributed by atoms with E-state index in [-0.39, 0.29) is 11.9 Å². The number of aromatic nitrogens is 3. The Morgan fingerprint density at radius 2 is 2.50 bits per heavy atom. The molecule has 0 saturated heterocycles. The number of amides is 1. The number of nitrogens with zero attached hydrogens (tertiary/aromatic N) is 3. The highest BCUT2D eigenvalue weighted by Gasteiger charge is 2.13. The first-order valence-electron chi connectivity index (χ1n) is 4.34. The molecule has 1 N–H and O–H groups in total. The highest BCUT2D eigenvalue weighted by molar-refractivity contribution is 6.18. The highest BCUT2D eigenvalue weighted by atomic mass is 35.5. The molecular weight excluding hydrogens is 204 g/mol. The third-order valence-corrected chi connectivity index (χ3v) is 2.02. The predicted octanol–water partition coefficient (Wildman–Crippen LogP) is 0.621. The maximum atomic E-state index is 11.2. The van der Waals surface area contributed by atoms with Gasteiger partial charge in [0.25, 0.3) is 0 Å². The topological polar surface area (TPSA) is 59.8 Å². The number of nitrogens with one attached hydrogen (secondary N) is 1. The van der Waals surface area contributed by atoms with Gasteiger partial charge in [-0.1, -0.05) is 0 Å². The SMILES string of the molecule is CC(NC(=O)CCCl)c1nncn1C. The molecule has 14 heavy (non-hydrogen) atoms. The van der Waals surface area contributed by atoms with Crippen molar-refractivity contribution in [2.24, 2.45) is 7.05 Å². The fourth-order valence-electron chi connectivity index (χ4n) is 1.15. The maximum absolute atomic E-state index is 11.2. The van der Waals surface area contributed by atoms with Crippen LogP contribution in [0.4, 0.5) is 0 Å². The molecule has 0 aliphatic carbocycles. The van der Waals surface area contributed by atoms with E-state index in [4.69, 9.17) is 11.6 Å². The minimum atomic E-state index is -0.141. The van der Waals surface area contributed by atoms with Crippen molar-refractivity contribution in [2.75, 3.05) is 5.88 Å². The minimum Gasteiger partial charge on any atom is -0.346 e. The number of aryl methyl sites for hydroxylation is 1. The van der Waals surface area contributed by atoms with Gasteiger partial charge in [0.2, 0.25) is 5.91 Å². The minimum absolute atomic E-state index is 0.0736. The quantitative estimate of drug-likeness (QED) is 0.751. The summed E-state index contributed by atoms with van der Waals surface area (Å²) in [6, 6.07) is -0.141. The molecule has 5 nitrogen and oxygen atoms in total. The van der Waals surface area contributed by atoms with E-state index in [9.17, 15) is 4.79 Å². The first-order valence-corrected chi connectivity index (χ1v) is 4.87. The zero-order valence-electron chi connectivity index (χ0n) is 8.20. The summed E-state index contributed by atoms with van der Waals surface area (Å²) in [4.78, 5) is 11.2. The van der Waals surface area contributed by atoms with Crippen LogP contribution in [0.1, 0.15) is 25.2 Å². The number of carbonyl (C=O) groups excluding carboxylic acids is 1. The van der Waals surface area contributed by atoms with Crippen LogP contribution in [0.2, 0.25) is 0 Å². The van der Waals surface area contributed by atoms with Gasteiger partial charge < -0.3 is 9.88 Å². The normalized spacial score (nSPS) is 12.5. The van der Waals surface area contributed by atoms with Gasteiger partial charge in [0.15, 0.2) is 5.82 Å². The molecular formula is C8H13ClN4O. The standard InChI is InChI=1S/C8H13ClN4O/c1-6(11-7(14)3-4-9)8-12-10-5-13(8)2/h5-6H,3-4H2,1-2H3,(H,11,14). The van der Waals surface area contributed by atoms with Crippen LogP contribution in [0.15, 0.2) is 6.33 Å². The van der Waals surface area contributed by atoms with E-state index < -0.39 is 0 Å². The monoisotopic (exact) mass is 216 g/mol. The Morgan fingerprint density at radius 1 is 1.79 bits per heavy atom. The van der Waals surface area contributed by atoms with Crippen LogP contribution in [0.5, 0.6) is 0 Å². The highest BCUT2D eigenvalue weighted by Crippen LogP contribution is 2.06. The summed E-state index contributed by atoms with van der Waals surface area (Å²) >= 11 is 5.44. The van der Waals surface area contributed by atoms with E-state index in [0.717, 1.165) is 5.82 Å². The van der Waals surface area contributed by atoms with Gasteiger partial charge in [0, 0.05) is 19.3 Å². The molecule has 0 saturated carbocycles. The summed E-state index contributed by atoms with van der Waals surface area (Å²) in [6.45, 7) is 1.86. The van der Waals surface area contributed by atoms with Crippen molar-refractivity contribution in [3.63, 3.8) is 0 Å². The van der Waals surface area contributed by atoms with Crippen molar-refractivity contribution in [3.8, 4) is 0 Å². The van der Waals surface area contributed by atoms with Crippen molar-refractivity contribution >= 4 is 17.5 Å². The van der Waals surface area contributed by atoms with Crippen molar-refractivity contribution in [1.29, 1.82) is 0 Å². The number of alkyl halides is 1. The molecule has 78 valence electrons. The second-order valence-electron chi connectivity index (χ2n) is 3.03. The predicted molar refractivity (Wildman–Crippen MR) is 52.9 cm³/mol. The van der Waals surface area contributed by atoms with Crippen LogP contribution in [0, 0.1) is 0 Å². The fourth-order valence-corrected chi connectivity index (χ4v) is 1.32. The Hall–Kier alpha value is -1.10. The molecule has 0 fully saturated rings. The second-order valence-corrected chi connectivity index (χ2v) is 3.41. The van der Waals surface area contributed by atoms with Gasteiger partial charge in [-0.05, 0) is 6.92 Å². The molecule has 6 heteroatoms. The lowest BCUT2D eigenvalue weighted by atomic mass is 10.3. The van der Waals surface area contributed by atoms with E-state index in [2.05, 4.69) is 15.5 Å². The van der Waals surface area contributed by atoms with Gasteiger partial charge in [0.1, 0.15) is 6.33 Å². The third-order valence-electron chi connectivity index (χ3n) is 1.83. The Bertz CT molecular complexity index is 312. The van der Waals surface area contributed by atoms with E-state index >= 15 is 0 Å². The lowest BCUT2D eigenvalue weighted by Gasteiger charge is -2.11. The van der Waals surface area contributed by atoms with Gasteiger partial charge in [-0.15, -0.1) is 21.8 Å². The third kappa shape index (κ3) is 2.70. The van der Waals surface area contributed by atoms with Gasteiger partial charge in [0.05, 0.1) is 6.04 Å². The first kappa shape index (κ1) is 11.0. The summed E-state index contributed by atoms with van der Waals surface area (Å²) in [5.74, 6) is 0.987. The number of carbonyl (C=O) groups is 1. The Kier molecular flexibility index (Phi) is 3.88. The summed E-state index contributed by atoms with van der Waals surface area (Å²) in [6.07, 6.45) is 1.92. The molecule has 1 unspecified atom stereocenters. The van der Waals surface area contributed by atoms with Gasteiger partial charge in [-0.2, -0.15) is 0 Å². The van der Waals surface area contributed by atoms with Crippen molar-refractivity contribution < 1.29 is 4.79 Å². The largest absolute Gasteiger partial charge is 0.346 e. The summed E-state index contributed by atoms with van der Waals surface area (Å²) < 4.78 is 1.77. The lowest BCUT2D eigenvalue weighted by molar-refractivity contribution is -0.121. The summed E-state index contributed by atoms with van der Waals surface area (Å²) in [7, 11) is 1.83. The fraction of sp³-hybridized carbons (Fsp3) is 0.625. The maximum Gasteiger partial charge on any atom is 0.221 e. The molecule has 0 aliphatic heterocycles. The molecule has 1 aromatic heterocycles. The number of hydrogen-bond donors (Lipinski definition) is 1. The molecule has 0 spiro atoms. The average molecular weight is 217 g/mol. The smallest absolute Gasteiger partial charge is 0.221 e. The molecule has 0 radical (unpaired) electrons. The van der Waals surface area contributed by atoms with Crippen LogP contribution in [0.3, 0.4) is 0 Å². The molecule has 1 aromatic rings. The van der Waals surface area contributed by atoms with Gasteiger partial charge in [-0.25, -0.2) is 0 Å². The van der Waals surface area contributed by atoms with Crippen molar-refractivity contribution in [1.82, 2.24) is 20.1 Å². The number of hydrogen-bond acceptors (Lipinski definition) is 3. The number of halogens is 1. The van der Waals surface area contributed by atoms with Gasteiger partial charge >= 0.3 is 0 Å². The Morgan fingerprint density at radius 3 is 3.00 bits per heavy atom. The zero-order valence-corrected chi connectivity index (χ0v) is 8.95. The van der Waals surface area contributed by atoms with Crippen molar-refractivity contribution in [2.45, 2.75) is 19.4 Å². The Labute approximate surface area is 87.5 Å². The molecule has 0 aliphatic rings. The van der Waals surface area contributed by atoms with E-state index in [1.165, 1.54) is 0 Å². The van der Waals surface area contributed by atoms with Crippen LogP contribution in [0.25, 0.3) is 0 Å². The van der Waals surface area contributed by atoms with Crippen LogP contribution in [-0.2, 0) is 11.8 Å². The molecule has 1 rings (SSSR count). The van der Waals surface area contributed by atoms with E-state index in [1.807, 2.05) is 14.0 Å². The van der Waals surface area contributed by atoms with E-state index in [1.54, 1.807) is 10.9 Å².